The summed E-state index contributed by atoms with van der Waals surface area (Å²) in [6.45, 7) is 3.87. The number of carbonyl (C=O) groups excluding carboxylic acids is 1. The van der Waals surface area contributed by atoms with Crippen LogP contribution in [0.1, 0.15) is 40.2 Å². The maximum Gasteiger partial charge on any atom is 0.418 e. The van der Waals surface area contributed by atoms with Crippen LogP contribution in [0.3, 0.4) is 0 Å². The fourth-order valence-corrected chi connectivity index (χ4v) is 3.34. The maximum absolute atomic E-state index is 13.5. The van der Waals surface area contributed by atoms with Gasteiger partial charge in [0, 0.05) is 23.9 Å². The molecule has 1 saturated carbocycles. The van der Waals surface area contributed by atoms with E-state index in [2.05, 4.69) is 15.5 Å². The number of rotatable bonds is 5. The third-order valence-corrected chi connectivity index (χ3v) is 5.14. The molecule has 1 aliphatic rings. The van der Waals surface area contributed by atoms with Gasteiger partial charge in [-0.2, -0.15) is 23.4 Å². The molecule has 2 heterocycles. The summed E-state index contributed by atoms with van der Waals surface area (Å²) in [6, 6.07) is 5.96. The van der Waals surface area contributed by atoms with E-state index in [1.54, 1.807) is 17.8 Å². The number of hydrogen-bond acceptors (Lipinski definition) is 4. The summed E-state index contributed by atoms with van der Waals surface area (Å²) in [5, 5.41) is 10.9. The number of anilines is 1. The van der Waals surface area contributed by atoms with Gasteiger partial charge in [0.2, 0.25) is 5.43 Å². The molecule has 1 aliphatic carbocycles. The molecular weight excluding hydrogens is 411 g/mol. The summed E-state index contributed by atoms with van der Waals surface area (Å²) < 4.78 is 43.0. The number of nitrogens with zero attached hydrogens (tertiary/aromatic N) is 4. The van der Waals surface area contributed by atoms with Gasteiger partial charge in [0.05, 0.1) is 17.4 Å². The van der Waals surface area contributed by atoms with E-state index in [0.29, 0.717) is 23.8 Å². The van der Waals surface area contributed by atoms with Crippen molar-refractivity contribution in [2.24, 2.45) is 5.92 Å². The molecule has 0 aliphatic heterocycles. The molecule has 0 spiro atoms. The summed E-state index contributed by atoms with van der Waals surface area (Å²) in [5.41, 5.74) is -1.48. The van der Waals surface area contributed by atoms with Crippen LogP contribution in [-0.2, 0) is 12.7 Å². The Morgan fingerprint density at radius 1 is 1.23 bits per heavy atom. The number of para-hydroxylation sites is 1. The highest BCUT2D eigenvalue weighted by Crippen LogP contribution is 2.34. The average Bonchev–Trinajstić information content (AvgIpc) is 3.46. The summed E-state index contributed by atoms with van der Waals surface area (Å²) in [7, 11) is 0. The fourth-order valence-electron chi connectivity index (χ4n) is 3.34. The molecule has 3 aromatic rings. The van der Waals surface area contributed by atoms with Gasteiger partial charge in [-0.15, -0.1) is 0 Å². The van der Waals surface area contributed by atoms with E-state index in [1.807, 2.05) is 0 Å². The Kier molecular flexibility index (Phi) is 5.16. The van der Waals surface area contributed by atoms with Crippen molar-refractivity contribution in [3.8, 4) is 5.69 Å². The van der Waals surface area contributed by atoms with E-state index in [-0.39, 0.29) is 11.4 Å². The summed E-state index contributed by atoms with van der Waals surface area (Å²) >= 11 is 0. The summed E-state index contributed by atoms with van der Waals surface area (Å²) in [5.74, 6) is 0.147. The topological polar surface area (TPSA) is 81.8 Å². The maximum atomic E-state index is 13.5. The smallest absolute Gasteiger partial charge is 0.305 e. The Labute approximate surface area is 175 Å². The number of halogens is 3. The number of aryl methyl sites for hydroxylation is 2. The number of alkyl halides is 3. The quantitative estimate of drug-likeness (QED) is 0.668. The van der Waals surface area contributed by atoms with Crippen LogP contribution in [0.5, 0.6) is 0 Å². The predicted molar refractivity (Wildman–Crippen MR) is 107 cm³/mol. The first-order valence-electron chi connectivity index (χ1n) is 9.76. The van der Waals surface area contributed by atoms with Crippen molar-refractivity contribution in [3.05, 3.63) is 69.3 Å². The predicted octanol–water partition coefficient (Wildman–Crippen LogP) is 3.73. The lowest BCUT2D eigenvalue weighted by Crippen LogP contribution is -2.28. The van der Waals surface area contributed by atoms with E-state index in [4.69, 9.17) is 0 Å². The van der Waals surface area contributed by atoms with Crippen molar-refractivity contribution >= 4 is 11.7 Å². The number of hydrogen-bond donors (Lipinski definition) is 1. The SMILES string of the molecule is Cc1cnn(CC2CC2)c1NC(=O)c1nn(-c2ccccc2C(F)(F)F)c(C)cc1=O. The lowest BCUT2D eigenvalue weighted by Gasteiger charge is -2.17. The molecule has 31 heavy (non-hydrogen) atoms. The van der Waals surface area contributed by atoms with Gasteiger partial charge in [0.1, 0.15) is 5.82 Å². The number of benzene rings is 1. The number of nitrogens with one attached hydrogen (secondary N) is 1. The lowest BCUT2D eigenvalue weighted by atomic mass is 10.1. The van der Waals surface area contributed by atoms with Crippen LogP contribution < -0.4 is 10.7 Å². The highest BCUT2D eigenvalue weighted by molar-refractivity contribution is 6.02. The van der Waals surface area contributed by atoms with Crippen molar-refractivity contribution in [2.45, 2.75) is 39.4 Å². The van der Waals surface area contributed by atoms with Crippen LogP contribution in [0, 0.1) is 19.8 Å². The molecular formula is C21H20F3N5O2. The number of carbonyl (C=O) groups is 1. The second-order valence-corrected chi connectivity index (χ2v) is 7.68. The van der Waals surface area contributed by atoms with Crippen molar-refractivity contribution in [3.63, 3.8) is 0 Å². The Morgan fingerprint density at radius 2 is 1.94 bits per heavy atom. The molecule has 1 amide bonds. The zero-order valence-electron chi connectivity index (χ0n) is 16.9. The van der Waals surface area contributed by atoms with Crippen LogP contribution in [0.25, 0.3) is 5.69 Å². The van der Waals surface area contributed by atoms with Gasteiger partial charge in [0.15, 0.2) is 5.69 Å². The van der Waals surface area contributed by atoms with Crippen LogP contribution in [0.15, 0.2) is 41.3 Å². The fraction of sp³-hybridized carbons (Fsp3) is 0.333. The number of amides is 1. The van der Waals surface area contributed by atoms with Gasteiger partial charge >= 0.3 is 6.18 Å². The molecule has 0 unspecified atom stereocenters. The van der Waals surface area contributed by atoms with E-state index in [9.17, 15) is 22.8 Å². The molecule has 162 valence electrons. The molecule has 0 bridgehead atoms. The van der Waals surface area contributed by atoms with Gasteiger partial charge in [-0.05, 0) is 44.7 Å². The molecule has 2 aromatic heterocycles. The largest absolute Gasteiger partial charge is 0.418 e. The van der Waals surface area contributed by atoms with E-state index >= 15 is 0 Å². The minimum Gasteiger partial charge on any atom is -0.305 e. The molecule has 7 nitrogen and oxygen atoms in total. The zero-order valence-corrected chi connectivity index (χ0v) is 16.9. The monoisotopic (exact) mass is 431 g/mol. The molecule has 1 N–H and O–H groups in total. The van der Waals surface area contributed by atoms with Crippen LogP contribution in [-0.4, -0.2) is 25.5 Å². The Morgan fingerprint density at radius 3 is 2.61 bits per heavy atom. The van der Waals surface area contributed by atoms with E-state index in [0.717, 1.165) is 29.7 Å². The zero-order chi connectivity index (χ0) is 22.3. The standard InChI is InChI=1S/C21H20F3N5O2/c1-12-10-25-28(11-14-7-8-14)19(12)26-20(31)18-17(30)9-13(2)29(27-18)16-6-4-3-5-15(16)21(22,23)24/h3-6,9-10,14H,7-8,11H2,1-2H3,(H,26,31). The molecule has 0 saturated heterocycles. The van der Waals surface area contributed by atoms with E-state index < -0.39 is 28.8 Å². The van der Waals surface area contributed by atoms with Crippen molar-refractivity contribution < 1.29 is 18.0 Å². The van der Waals surface area contributed by atoms with Gasteiger partial charge < -0.3 is 5.32 Å². The Hall–Kier alpha value is -3.43. The van der Waals surface area contributed by atoms with Crippen LogP contribution >= 0.6 is 0 Å². The van der Waals surface area contributed by atoms with Crippen molar-refractivity contribution in [2.75, 3.05) is 5.32 Å². The first kappa shape index (κ1) is 20.8. The first-order chi connectivity index (χ1) is 14.6. The molecule has 0 radical (unpaired) electrons. The molecule has 0 atom stereocenters. The lowest BCUT2D eigenvalue weighted by molar-refractivity contribution is -0.137. The second kappa shape index (κ2) is 7.68. The van der Waals surface area contributed by atoms with Gasteiger partial charge in [-0.25, -0.2) is 9.36 Å². The highest BCUT2D eigenvalue weighted by atomic mass is 19.4. The Balaban J connectivity index is 1.72. The second-order valence-electron chi connectivity index (χ2n) is 7.68. The first-order valence-corrected chi connectivity index (χ1v) is 9.76. The molecule has 4 rings (SSSR count). The van der Waals surface area contributed by atoms with Crippen molar-refractivity contribution in [1.29, 1.82) is 0 Å². The van der Waals surface area contributed by atoms with Gasteiger partial charge in [-0.1, -0.05) is 12.1 Å². The molecule has 1 fully saturated rings. The third kappa shape index (κ3) is 4.23. The van der Waals surface area contributed by atoms with E-state index in [1.165, 1.54) is 25.1 Å². The number of aromatic nitrogens is 4. The highest BCUT2D eigenvalue weighted by Gasteiger charge is 2.34. The van der Waals surface area contributed by atoms with Crippen LogP contribution in [0.4, 0.5) is 19.0 Å². The third-order valence-electron chi connectivity index (χ3n) is 5.14. The van der Waals surface area contributed by atoms with Gasteiger partial charge in [-0.3, -0.25) is 9.59 Å². The Bertz CT molecular complexity index is 1210. The average molecular weight is 431 g/mol. The summed E-state index contributed by atoms with van der Waals surface area (Å²) in [6.07, 6.45) is -0.828. The molecule has 1 aromatic carbocycles. The summed E-state index contributed by atoms with van der Waals surface area (Å²) in [4.78, 5) is 25.3. The van der Waals surface area contributed by atoms with Gasteiger partial charge in [0.25, 0.3) is 5.91 Å². The van der Waals surface area contributed by atoms with Crippen molar-refractivity contribution in [1.82, 2.24) is 19.6 Å². The molecule has 10 heteroatoms. The minimum absolute atomic E-state index is 0.174. The van der Waals surface area contributed by atoms with Crippen LogP contribution in [0.2, 0.25) is 0 Å². The normalized spacial score (nSPS) is 14.0. The minimum atomic E-state index is -4.62.